The maximum atomic E-state index is 13.7. The van der Waals surface area contributed by atoms with E-state index < -0.39 is 35.7 Å². The van der Waals surface area contributed by atoms with Gasteiger partial charge in [-0.1, -0.05) is 18.5 Å². The number of ketones is 1. The van der Waals surface area contributed by atoms with Crippen LogP contribution in [0.5, 0.6) is 11.5 Å². The Balaban J connectivity index is 2.26. The highest BCUT2D eigenvalue weighted by atomic mass is 35.5. The lowest BCUT2D eigenvalue weighted by atomic mass is 9.69. The Bertz CT molecular complexity index is 1070. The zero-order chi connectivity index (χ0) is 24.6. The first-order valence-corrected chi connectivity index (χ1v) is 11.0. The van der Waals surface area contributed by atoms with Gasteiger partial charge in [0.1, 0.15) is 5.92 Å². The highest BCUT2D eigenvalue weighted by Crippen LogP contribution is 2.48. The van der Waals surface area contributed by atoms with Crippen molar-refractivity contribution in [1.29, 1.82) is 0 Å². The summed E-state index contributed by atoms with van der Waals surface area (Å²) in [6.45, 7) is 6.99. The van der Waals surface area contributed by atoms with Gasteiger partial charge in [-0.3, -0.25) is 9.59 Å². The maximum absolute atomic E-state index is 13.7. The van der Waals surface area contributed by atoms with Gasteiger partial charge in [0.2, 0.25) is 0 Å². The number of rotatable bonds is 5. The van der Waals surface area contributed by atoms with Crippen LogP contribution in [0.2, 0.25) is 5.02 Å². The van der Waals surface area contributed by atoms with Crippen LogP contribution in [0.4, 0.5) is 0 Å². The highest BCUT2D eigenvalue weighted by molar-refractivity contribution is 6.32. The molecule has 0 radical (unpaired) electrons. The lowest BCUT2D eigenvalue weighted by molar-refractivity contribution is -0.151. The van der Waals surface area contributed by atoms with Gasteiger partial charge in [0.15, 0.2) is 17.3 Å². The second-order valence-electron chi connectivity index (χ2n) is 8.54. The fourth-order valence-corrected chi connectivity index (χ4v) is 4.70. The number of dihydropyridines is 1. The molecule has 2 aliphatic rings. The van der Waals surface area contributed by atoms with Crippen LogP contribution in [0.3, 0.4) is 0 Å². The Morgan fingerprint density at radius 1 is 1.24 bits per heavy atom. The zero-order valence-corrected chi connectivity index (χ0v) is 20.2. The molecular weight excluding hydrogens is 450 g/mol. The third-order valence-corrected chi connectivity index (χ3v) is 6.20. The molecule has 0 fully saturated rings. The summed E-state index contributed by atoms with van der Waals surface area (Å²) in [4.78, 5) is 39.3. The van der Waals surface area contributed by atoms with Gasteiger partial charge in [-0.25, -0.2) is 4.79 Å². The average Bonchev–Trinajstić information content (AvgIpc) is 2.73. The third-order valence-electron chi connectivity index (χ3n) is 5.91. The second kappa shape index (κ2) is 9.47. The summed E-state index contributed by atoms with van der Waals surface area (Å²) in [5, 5.41) is 13.4. The molecule has 33 heavy (non-hydrogen) atoms. The van der Waals surface area contributed by atoms with Gasteiger partial charge in [0.05, 0.1) is 30.9 Å². The number of nitrogens with one attached hydrogen (secondary N) is 1. The zero-order valence-electron chi connectivity index (χ0n) is 19.4. The van der Waals surface area contributed by atoms with Crippen LogP contribution in [0.1, 0.15) is 45.6 Å². The Hall–Kier alpha value is -3.00. The summed E-state index contributed by atoms with van der Waals surface area (Å²) in [5.74, 6) is -4.01. The van der Waals surface area contributed by atoms with Crippen LogP contribution in [-0.4, -0.2) is 43.2 Å². The highest BCUT2D eigenvalue weighted by Gasteiger charge is 2.47. The quantitative estimate of drug-likeness (QED) is 0.488. The molecule has 0 bridgehead atoms. The summed E-state index contributed by atoms with van der Waals surface area (Å²) in [6.07, 6.45) is 0.0149. The molecule has 0 unspecified atom stereocenters. The fourth-order valence-electron chi connectivity index (χ4n) is 4.48. The normalized spacial score (nSPS) is 22.7. The van der Waals surface area contributed by atoms with E-state index in [4.69, 9.17) is 25.8 Å². The van der Waals surface area contributed by atoms with Crippen molar-refractivity contribution in [2.75, 3.05) is 14.2 Å². The number of phenolic OH excluding ortho intramolecular Hbond substituents is 1. The van der Waals surface area contributed by atoms with E-state index in [1.807, 2.05) is 6.92 Å². The molecule has 1 aliphatic carbocycles. The average molecular weight is 478 g/mol. The summed E-state index contributed by atoms with van der Waals surface area (Å²) in [5.41, 5.74) is 2.10. The number of hydrogen-bond acceptors (Lipinski definition) is 8. The van der Waals surface area contributed by atoms with Crippen molar-refractivity contribution in [2.24, 2.45) is 11.8 Å². The van der Waals surface area contributed by atoms with Gasteiger partial charge in [-0.2, -0.15) is 0 Å². The lowest BCUT2D eigenvalue weighted by Gasteiger charge is -2.38. The molecule has 1 heterocycles. The largest absolute Gasteiger partial charge is 0.503 e. The van der Waals surface area contributed by atoms with E-state index in [0.29, 0.717) is 23.4 Å². The Morgan fingerprint density at radius 2 is 1.91 bits per heavy atom. The molecule has 0 saturated heterocycles. The molecule has 1 aliphatic heterocycles. The minimum atomic E-state index is -1.01. The van der Waals surface area contributed by atoms with Crippen LogP contribution in [0, 0.1) is 11.8 Å². The number of methoxy groups -OCH3 is 2. The van der Waals surface area contributed by atoms with E-state index in [9.17, 15) is 19.5 Å². The number of aromatic hydroxyl groups is 1. The second-order valence-corrected chi connectivity index (χ2v) is 8.95. The fraction of sp³-hybridized carbons (Fsp3) is 0.458. The summed E-state index contributed by atoms with van der Waals surface area (Å²) >= 11 is 6.25. The minimum absolute atomic E-state index is 0.000377. The van der Waals surface area contributed by atoms with E-state index in [-0.39, 0.29) is 33.6 Å². The van der Waals surface area contributed by atoms with E-state index in [0.717, 1.165) is 0 Å². The van der Waals surface area contributed by atoms with Gasteiger partial charge >= 0.3 is 11.9 Å². The van der Waals surface area contributed by atoms with Crippen molar-refractivity contribution >= 4 is 29.3 Å². The number of benzene rings is 1. The van der Waals surface area contributed by atoms with Crippen LogP contribution >= 0.6 is 11.6 Å². The number of allylic oxidation sites excluding steroid dienone is 3. The molecular formula is C24H28ClNO7. The first-order chi connectivity index (χ1) is 15.5. The van der Waals surface area contributed by atoms with E-state index in [1.165, 1.54) is 26.4 Å². The molecule has 1 aromatic rings. The molecule has 2 N–H and O–H groups in total. The van der Waals surface area contributed by atoms with Crippen LogP contribution in [0.25, 0.3) is 0 Å². The predicted octanol–water partition coefficient (Wildman–Crippen LogP) is 3.62. The molecule has 0 spiro atoms. The van der Waals surface area contributed by atoms with Crippen LogP contribution in [-0.2, 0) is 23.9 Å². The van der Waals surface area contributed by atoms with Crippen molar-refractivity contribution in [2.45, 2.75) is 46.1 Å². The molecule has 9 heteroatoms. The summed E-state index contributed by atoms with van der Waals surface area (Å²) < 4.78 is 15.6. The van der Waals surface area contributed by atoms with Gasteiger partial charge in [0, 0.05) is 22.9 Å². The van der Waals surface area contributed by atoms with Gasteiger partial charge in [-0.15, -0.1) is 0 Å². The minimum Gasteiger partial charge on any atom is -0.503 e. The maximum Gasteiger partial charge on any atom is 0.337 e. The summed E-state index contributed by atoms with van der Waals surface area (Å²) in [7, 11) is 2.61. The van der Waals surface area contributed by atoms with Crippen molar-refractivity contribution in [3.05, 3.63) is 45.3 Å². The number of carbonyl (C=O) groups is 3. The Morgan fingerprint density at radius 3 is 2.48 bits per heavy atom. The molecule has 3 rings (SSSR count). The van der Waals surface area contributed by atoms with Gasteiger partial charge in [-0.05, 0) is 50.8 Å². The summed E-state index contributed by atoms with van der Waals surface area (Å²) in [6, 6.07) is 3.00. The van der Waals surface area contributed by atoms with Crippen molar-refractivity contribution < 1.29 is 33.7 Å². The van der Waals surface area contributed by atoms with Crippen LogP contribution in [0.15, 0.2) is 34.7 Å². The van der Waals surface area contributed by atoms with Crippen LogP contribution < -0.4 is 10.1 Å². The number of phenols is 1. The number of Topliss-reactive ketones (excluding diaryl/α,β-unsaturated/α-hetero) is 1. The molecule has 8 nitrogen and oxygen atoms in total. The van der Waals surface area contributed by atoms with E-state index in [1.54, 1.807) is 20.8 Å². The first-order valence-electron chi connectivity index (χ1n) is 10.6. The molecule has 0 aromatic heterocycles. The number of ether oxygens (including phenoxy) is 3. The molecule has 0 amide bonds. The lowest BCUT2D eigenvalue weighted by Crippen LogP contribution is -2.43. The number of hydrogen-bond donors (Lipinski definition) is 2. The third kappa shape index (κ3) is 4.44. The smallest absolute Gasteiger partial charge is 0.337 e. The van der Waals surface area contributed by atoms with Crippen molar-refractivity contribution in [3.8, 4) is 11.5 Å². The number of esters is 2. The predicted molar refractivity (Wildman–Crippen MR) is 121 cm³/mol. The monoisotopic (exact) mass is 477 g/mol. The first kappa shape index (κ1) is 24.6. The molecule has 3 atom stereocenters. The Labute approximate surface area is 197 Å². The van der Waals surface area contributed by atoms with Crippen molar-refractivity contribution in [1.82, 2.24) is 5.32 Å². The number of carbonyl (C=O) groups excluding carboxylic acids is 3. The number of halogens is 1. The standard InChI is InChI=1S/C24H28ClNO7/c1-10(2)33-24(30)18-12(4)26-15-7-11(3)17(23(29)32-6)22(28)20(15)19(18)13-8-14(25)21(27)16(9-13)31-5/h8-11,17,19,26-27H,7H2,1-6H3/t11-,17+,19+/m1/s1. The molecule has 0 saturated carbocycles. The molecule has 1 aromatic carbocycles. The molecule has 178 valence electrons. The van der Waals surface area contributed by atoms with Gasteiger partial charge in [0.25, 0.3) is 0 Å². The van der Waals surface area contributed by atoms with E-state index >= 15 is 0 Å². The van der Waals surface area contributed by atoms with Crippen molar-refractivity contribution in [3.63, 3.8) is 0 Å². The SMILES string of the molecule is COC(=O)[C@@H]1C(=O)C2=C(C[C@H]1C)NC(C)=C(C(=O)OC(C)C)[C@@H]2c1cc(Cl)c(O)c(OC)c1. The Kier molecular flexibility index (Phi) is 7.07. The van der Waals surface area contributed by atoms with E-state index in [2.05, 4.69) is 5.32 Å². The topological polar surface area (TPSA) is 111 Å². The van der Waals surface area contributed by atoms with Gasteiger partial charge < -0.3 is 24.6 Å².